The van der Waals surface area contributed by atoms with Gasteiger partial charge < -0.3 is 14.6 Å². The van der Waals surface area contributed by atoms with Gasteiger partial charge in [0.15, 0.2) is 10.4 Å². The van der Waals surface area contributed by atoms with E-state index in [4.69, 9.17) is 4.42 Å². The molecule has 2 atom stereocenters. The maximum Gasteiger partial charge on any atom is 0.289 e. The first-order valence-corrected chi connectivity index (χ1v) is 6.31. The molecule has 1 aromatic rings. The third-order valence-corrected chi connectivity index (χ3v) is 3.90. The number of fused-ring (bicyclic) bond motifs is 1. The number of rotatable bonds is 1. The number of amides is 1. The fraction of sp³-hybridized carbons (Fsp3) is 0.545. The Kier molecular flexibility index (Phi) is 2.52. The molecule has 5 heteroatoms. The molecule has 16 heavy (non-hydrogen) atoms. The molecule has 1 N–H and O–H groups in total. The number of likely N-dealkylation sites (tertiary alicyclic amines) is 1. The van der Waals surface area contributed by atoms with Crippen LogP contribution in [0.5, 0.6) is 0 Å². The summed E-state index contributed by atoms with van der Waals surface area (Å²) in [6.07, 6.45) is 1.10. The first-order valence-electron chi connectivity index (χ1n) is 5.52. The molecule has 0 aliphatic carbocycles. The lowest BCUT2D eigenvalue weighted by molar-refractivity contribution is 0.0489. The first-order chi connectivity index (χ1) is 7.74. The molecule has 2 aliphatic heterocycles. The van der Waals surface area contributed by atoms with E-state index >= 15 is 0 Å². The number of furan rings is 1. The van der Waals surface area contributed by atoms with Gasteiger partial charge in [0.2, 0.25) is 0 Å². The Morgan fingerprint density at radius 1 is 1.56 bits per heavy atom. The molecule has 2 saturated heterocycles. The molecule has 0 spiro atoms. The minimum atomic E-state index is -0.00199. The molecule has 1 aromatic heterocycles. The predicted molar refractivity (Wildman–Crippen MR) is 62.2 cm³/mol. The number of halogens is 1. The molecule has 0 saturated carbocycles. The van der Waals surface area contributed by atoms with E-state index in [9.17, 15) is 4.79 Å². The van der Waals surface area contributed by atoms with Crippen LogP contribution >= 0.6 is 15.9 Å². The minimum absolute atomic E-state index is 0.00199. The van der Waals surface area contributed by atoms with Crippen LogP contribution in [0.4, 0.5) is 0 Å². The van der Waals surface area contributed by atoms with Crippen molar-refractivity contribution >= 4 is 21.8 Å². The average Bonchev–Trinajstić information content (AvgIpc) is 2.66. The quantitative estimate of drug-likeness (QED) is 0.850. The van der Waals surface area contributed by atoms with Gasteiger partial charge >= 0.3 is 0 Å². The zero-order valence-corrected chi connectivity index (χ0v) is 10.4. The Labute approximate surface area is 102 Å². The van der Waals surface area contributed by atoms with Crippen LogP contribution in [0.25, 0.3) is 0 Å². The van der Waals surface area contributed by atoms with Crippen LogP contribution in [-0.4, -0.2) is 36.5 Å². The standard InChI is InChI=1S/C11H13BrN2O2/c12-10-2-1-9(16-10)11(15)14-4-3-7-5-13-8(7)6-14/h1-2,7-8,13H,3-6H2. The molecule has 2 unspecified atom stereocenters. The van der Waals surface area contributed by atoms with E-state index in [1.54, 1.807) is 12.1 Å². The van der Waals surface area contributed by atoms with Gasteiger partial charge in [0.25, 0.3) is 5.91 Å². The van der Waals surface area contributed by atoms with Gasteiger partial charge in [-0.25, -0.2) is 0 Å². The summed E-state index contributed by atoms with van der Waals surface area (Å²) in [5.74, 6) is 1.19. The van der Waals surface area contributed by atoms with Crippen LogP contribution in [0.2, 0.25) is 0 Å². The lowest BCUT2D eigenvalue weighted by Crippen LogP contribution is -2.62. The Morgan fingerprint density at radius 2 is 2.44 bits per heavy atom. The maximum absolute atomic E-state index is 12.1. The monoisotopic (exact) mass is 284 g/mol. The summed E-state index contributed by atoms with van der Waals surface area (Å²) in [7, 11) is 0. The van der Waals surface area contributed by atoms with Crippen molar-refractivity contribution in [2.24, 2.45) is 5.92 Å². The molecule has 2 fully saturated rings. The predicted octanol–water partition coefficient (Wildman–Crippen LogP) is 1.48. The Bertz CT molecular complexity index is 418. The van der Waals surface area contributed by atoms with Crippen LogP contribution in [0.15, 0.2) is 21.2 Å². The van der Waals surface area contributed by atoms with Crippen molar-refractivity contribution in [3.05, 3.63) is 22.6 Å². The normalized spacial score (nSPS) is 28.4. The molecule has 4 nitrogen and oxygen atoms in total. The van der Waals surface area contributed by atoms with E-state index in [2.05, 4.69) is 21.2 Å². The SMILES string of the molecule is O=C(c1ccc(Br)o1)N1CCC2CNC2C1. The second-order valence-electron chi connectivity index (χ2n) is 4.42. The third kappa shape index (κ3) is 1.68. The van der Waals surface area contributed by atoms with Gasteiger partial charge in [0.1, 0.15) is 0 Å². The van der Waals surface area contributed by atoms with Crippen molar-refractivity contribution in [3.8, 4) is 0 Å². The van der Waals surface area contributed by atoms with Gasteiger partial charge in [-0.1, -0.05) is 0 Å². The molecule has 0 aromatic carbocycles. The summed E-state index contributed by atoms with van der Waals surface area (Å²) in [6.45, 7) is 2.76. The van der Waals surface area contributed by atoms with E-state index in [-0.39, 0.29) is 5.91 Å². The topological polar surface area (TPSA) is 45.5 Å². The highest BCUT2D eigenvalue weighted by molar-refractivity contribution is 9.10. The number of hydrogen-bond donors (Lipinski definition) is 1. The zero-order valence-electron chi connectivity index (χ0n) is 8.78. The summed E-state index contributed by atoms with van der Waals surface area (Å²) >= 11 is 3.21. The van der Waals surface area contributed by atoms with Crippen LogP contribution in [-0.2, 0) is 0 Å². The molecule has 0 bridgehead atoms. The number of piperidine rings is 1. The number of nitrogens with one attached hydrogen (secondary N) is 1. The number of hydrogen-bond acceptors (Lipinski definition) is 3. The van der Waals surface area contributed by atoms with Crippen molar-refractivity contribution in [3.63, 3.8) is 0 Å². The summed E-state index contributed by atoms with van der Waals surface area (Å²) in [5.41, 5.74) is 0. The Balaban J connectivity index is 1.71. The van der Waals surface area contributed by atoms with E-state index in [0.717, 1.165) is 32.0 Å². The lowest BCUT2D eigenvalue weighted by atomic mass is 9.85. The molecule has 3 rings (SSSR count). The highest BCUT2D eigenvalue weighted by Crippen LogP contribution is 2.25. The molecule has 0 radical (unpaired) electrons. The van der Waals surface area contributed by atoms with Crippen LogP contribution < -0.4 is 5.32 Å². The summed E-state index contributed by atoms with van der Waals surface area (Å²) in [4.78, 5) is 13.9. The lowest BCUT2D eigenvalue weighted by Gasteiger charge is -2.46. The fourth-order valence-electron chi connectivity index (χ4n) is 2.39. The molecular weight excluding hydrogens is 272 g/mol. The van der Waals surface area contributed by atoms with Crippen LogP contribution in [0.1, 0.15) is 17.0 Å². The van der Waals surface area contributed by atoms with Gasteiger partial charge in [-0.2, -0.15) is 0 Å². The summed E-state index contributed by atoms with van der Waals surface area (Å²) < 4.78 is 5.89. The molecule has 1 amide bonds. The van der Waals surface area contributed by atoms with E-state index in [0.29, 0.717) is 16.5 Å². The minimum Gasteiger partial charge on any atom is -0.444 e. The second kappa shape index (κ2) is 3.89. The zero-order chi connectivity index (χ0) is 11.1. The molecule has 2 aliphatic rings. The van der Waals surface area contributed by atoms with Crippen molar-refractivity contribution in [2.45, 2.75) is 12.5 Å². The Morgan fingerprint density at radius 3 is 3.00 bits per heavy atom. The number of carbonyl (C=O) groups is 1. The maximum atomic E-state index is 12.1. The van der Waals surface area contributed by atoms with Crippen molar-refractivity contribution in [1.82, 2.24) is 10.2 Å². The largest absolute Gasteiger partial charge is 0.444 e. The molecule has 86 valence electrons. The second-order valence-corrected chi connectivity index (χ2v) is 5.20. The summed E-state index contributed by atoms with van der Waals surface area (Å²) in [6, 6.07) is 3.96. The van der Waals surface area contributed by atoms with E-state index in [1.807, 2.05) is 4.90 Å². The van der Waals surface area contributed by atoms with Gasteiger partial charge in [-0.15, -0.1) is 0 Å². The fourth-order valence-corrected chi connectivity index (χ4v) is 2.69. The number of nitrogens with zero attached hydrogens (tertiary/aromatic N) is 1. The van der Waals surface area contributed by atoms with Crippen molar-refractivity contribution in [1.29, 1.82) is 0 Å². The highest BCUT2D eigenvalue weighted by atomic mass is 79.9. The van der Waals surface area contributed by atoms with Crippen molar-refractivity contribution < 1.29 is 9.21 Å². The third-order valence-electron chi connectivity index (χ3n) is 3.47. The van der Waals surface area contributed by atoms with Gasteiger partial charge in [-0.3, -0.25) is 4.79 Å². The van der Waals surface area contributed by atoms with Crippen molar-refractivity contribution in [2.75, 3.05) is 19.6 Å². The van der Waals surface area contributed by atoms with Gasteiger partial charge in [0, 0.05) is 19.1 Å². The van der Waals surface area contributed by atoms with Gasteiger partial charge in [0.05, 0.1) is 0 Å². The van der Waals surface area contributed by atoms with Crippen LogP contribution in [0.3, 0.4) is 0 Å². The molecular formula is C11H13BrN2O2. The molecule has 3 heterocycles. The number of carbonyl (C=O) groups excluding carboxylic acids is 1. The highest BCUT2D eigenvalue weighted by Gasteiger charge is 2.37. The average molecular weight is 285 g/mol. The van der Waals surface area contributed by atoms with E-state index in [1.165, 1.54) is 0 Å². The first kappa shape index (κ1) is 10.4. The Hall–Kier alpha value is -0.810. The smallest absolute Gasteiger partial charge is 0.289 e. The van der Waals surface area contributed by atoms with Crippen LogP contribution in [0, 0.1) is 5.92 Å². The summed E-state index contributed by atoms with van der Waals surface area (Å²) in [5, 5.41) is 3.36. The van der Waals surface area contributed by atoms with Gasteiger partial charge in [-0.05, 0) is 46.9 Å². The van der Waals surface area contributed by atoms with E-state index < -0.39 is 0 Å².